The lowest BCUT2D eigenvalue weighted by Gasteiger charge is -2.10. The third kappa shape index (κ3) is 4.29. The van der Waals surface area contributed by atoms with Gasteiger partial charge in [0.1, 0.15) is 0 Å². The highest BCUT2D eigenvalue weighted by Crippen LogP contribution is 2.12. The van der Waals surface area contributed by atoms with Gasteiger partial charge in [-0.1, -0.05) is 61.5 Å². The van der Waals surface area contributed by atoms with Crippen molar-refractivity contribution in [1.82, 2.24) is 0 Å². The van der Waals surface area contributed by atoms with Crippen LogP contribution in [0.3, 0.4) is 0 Å². The van der Waals surface area contributed by atoms with Crippen molar-refractivity contribution in [2.75, 3.05) is 11.9 Å². The van der Waals surface area contributed by atoms with E-state index < -0.39 is 0 Å². The zero-order valence-electron chi connectivity index (χ0n) is 11.6. The predicted molar refractivity (Wildman–Crippen MR) is 84.3 cm³/mol. The summed E-state index contributed by atoms with van der Waals surface area (Å²) >= 11 is 0. The Labute approximate surface area is 116 Å². The molecule has 0 aromatic heterocycles. The third-order valence-corrected chi connectivity index (χ3v) is 3.19. The van der Waals surface area contributed by atoms with Crippen LogP contribution in [0.25, 0.3) is 6.08 Å². The molecule has 0 heterocycles. The molecule has 1 unspecified atom stereocenters. The molecule has 0 aliphatic rings. The Balaban J connectivity index is 1.88. The van der Waals surface area contributed by atoms with Gasteiger partial charge in [-0.3, -0.25) is 0 Å². The van der Waals surface area contributed by atoms with E-state index in [0.717, 1.165) is 6.54 Å². The van der Waals surface area contributed by atoms with Crippen molar-refractivity contribution in [3.05, 3.63) is 71.8 Å². The lowest BCUT2D eigenvalue weighted by atomic mass is 10.1. The van der Waals surface area contributed by atoms with E-state index in [1.807, 2.05) is 6.07 Å². The van der Waals surface area contributed by atoms with Crippen LogP contribution >= 0.6 is 0 Å². The average molecular weight is 251 g/mol. The molecular weight excluding hydrogens is 230 g/mol. The van der Waals surface area contributed by atoms with Crippen molar-refractivity contribution in [1.29, 1.82) is 0 Å². The van der Waals surface area contributed by atoms with E-state index in [0.29, 0.717) is 5.92 Å². The first-order chi connectivity index (χ1) is 9.25. The Morgan fingerprint density at radius 2 is 1.68 bits per heavy atom. The first-order valence-corrected chi connectivity index (χ1v) is 6.78. The van der Waals surface area contributed by atoms with Gasteiger partial charge in [0.15, 0.2) is 0 Å². The SMILES string of the molecule is Cc1ccccc1/C=C/C(C)CNc1ccccc1. The quantitative estimate of drug-likeness (QED) is 0.808. The van der Waals surface area contributed by atoms with Crippen molar-refractivity contribution in [3.8, 4) is 0 Å². The van der Waals surface area contributed by atoms with E-state index in [9.17, 15) is 0 Å². The molecular formula is C18H21N. The first-order valence-electron chi connectivity index (χ1n) is 6.78. The van der Waals surface area contributed by atoms with Crippen molar-refractivity contribution >= 4 is 11.8 Å². The maximum atomic E-state index is 3.44. The van der Waals surface area contributed by atoms with Crippen LogP contribution in [0.4, 0.5) is 5.69 Å². The number of benzene rings is 2. The fourth-order valence-electron chi connectivity index (χ4n) is 1.94. The Kier molecular flexibility index (Phi) is 4.79. The number of hydrogen-bond acceptors (Lipinski definition) is 1. The first kappa shape index (κ1) is 13.4. The monoisotopic (exact) mass is 251 g/mol. The Bertz CT molecular complexity index is 528. The smallest absolute Gasteiger partial charge is 0.0340 e. The summed E-state index contributed by atoms with van der Waals surface area (Å²) in [5, 5.41) is 3.44. The van der Waals surface area contributed by atoms with E-state index in [1.54, 1.807) is 0 Å². The van der Waals surface area contributed by atoms with Gasteiger partial charge in [0, 0.05) is 12.2 Å². The van der Waals surface area contributed by atoms with Crippen LogP contribution in [0.2, 0.25) is 0 Å². The molecule has 0 amide bonds. The number of rotatable bonds is 5. The van der Waals surface area contributed by atoms with Crippen molar-refractivity contribution < 1.29 is 0 Å². The van der Waals surface area contributed by atoms with Gasteiger partial charge in [-0.15, -0.1) is 0 Å². The molecule has 2 aromatic carbocycles. The standard InChI is InChI=1S/C18H21N/c1-15(14-19-18-10-4-3-5-11-18)12-13-17-9-7-6-8-16(17)2/h3-13,15,19H,14H2,1-2H3/b13-12+. The van der Waals surface area contributed by atoms with Crippen LogP contribution in [-0.4, -0.2) is 6.54 Å². The molecule has 0 saturated heterocycles. The Hall–Kier alpha value is -2.02. The van der Waals surface area contributed by atoms with Crippen LogP contribution in [-0.2, 0) is 0 Å². The minimum Gasteiger partial charge on any atom is -0.384 e. The van der Waals surface area contributed by atoms with Crippen LogP contribution in [0, 0.1) is 12.8 Å². The summed E-state index contributed by atoms with van der Waals surface area (Å²) in [4.78, 5) is 0. The lowest BCUT2D eigenvalue weighted by molar-refractivity contribution is 0.774. The van der Waals surface area contributed by atoms with E-state index >= 15 is 0 Å². The van der Waals surface area contributed by atoms with E-state index in [2.05, 4.69) is 79.8 Å². The molecule has 0 fully saturated rings. The average Bonchev–Trinajstić information content (AvgIpc) is 2.45. The van der Waals surface area contributed by atoms with E-state index in [4.69, 9.17) is 0 Å². The number of aryl methyl sites for hydroxylation is 1. The lowest BCUT2D eigenvalue weighted by Crippen LogP contribution is -2.08. The molecule has 19 heavy (non-hydrogen) atoms. The van der Waals surface area contributed by atoms with Crippen molar-refractivity contribution in [3.63, 3.8) is 0 Å². The number of para-hydroxylation sites is 1. The van der Waals surface area contributed by atoms with Crippen LogP contribution in [0.1, 0.15) is 18.1 Å². The molecule has 0 bridgehead atoms. The highest BCUT2D eigenvalue weighted by Gasteiger charge is 1.98. The van der Waals surface area contributed by atoms with Gasteiger partial charge in [0.2, 0.25) is 0 Å². The van der Waals surface area contributed by atoms with E-state index in [-0.39, 0.29) is 0 Å². The Morgan fingerprint density at radius 1 is 1.00 bits per heavy atom. The maximum absolute atomic E-state index is 3.44. The van der Waals surface area contributed by atoms with Gasteiger partial charge < -0.3 is 5.32 Å². The third-order valence-electron chi connectivity index (χ3n) is 3.19. The van der Waals surface area contributed by atoms with E-state index in [1.165, 1.54) is 16.8 Å². The summed E-state index contributed by atoms with van der Waals surface area (Å²) in [5.41, 5.74) is 3.80. The van der Waals surface area contributed by atoms with Crippen LogP contribution in [0.15, 0.2) is 60.7 Å². The second kappa shape index (κ2) is 6.79. The Morgan fingerprint density at radius 3 is 2.42 bits per heavy atom. The van der Waals surface area contributed by atoms with Crippen molar-refractivity contribution in [2.45, 2.75) is 13.8 Å². The van der Waals surface area contributed by atoms with Crippen LogP contribution in [0.5, 0.6) is 0 Å². The summed E-state index contributed by atoms with van der Waals surface area (Å²) in [6.07, 6.45) is 4.48. The highest BCUT2D eigenvalue weighted by atomic mass is 14.9. The largest absolute Gasteiger partial charge is 0.384 e. The number of anilines is 1. The molecule has 1 nitrogen and oxygen atoms in total. The van der Waals surface area contributed by atoms with Gasteiger partial charge in [-0.25, -0.2) is 0 Å². The topological polar surface area (TPSA) is 12.0 Å². The highest BCUT2D eigenvalue weighted by molar-refractivity contribution is 5.53. The minimum atomic E-state index is 0.500. The fourth-order valence-corrected chi connectivity index (χ4v) is 1.94. The summed E-state index contributed by atoms with van der Waals surface area (Å²) in [6, 6.07) is 18.8. The molecule has 1 N–H and O–H groups in total. The molecule has 2 aromatic rings. The van der Waals surface area contributed by atoms with Gasteiger partial charge in [-0.05, 0) is 36.1 Å². The molecule has 98 valence electrons. The van der Waals surface area contributed by atoms with Gasteiger partial charge >= 0.3 is 0 Å². The van der Waals surface area contributed by atoms with Gasteiger partial charge in [0.25, 0.3) is 0 Å². The summed E-state index contributed by atoms with van der Waals surface area (Å²) in [7, 11) is 0. The molecule has 0 aliphatic carbocycles. The van der Waals surface area contributed by atoms with Crippen molar-refractivity contribution in [2.24, 2.45) is 5.92 Å². The molecule has 2 rings (SSSR count). The molecule has 0 saturated carbocycles. The summed E-state index contributed by atoms with van der Waals surface area (Å²) in [6.45, 7) is 5.32. The zero-order chi connectivity index (χ0) is 13.5. The molecule has 1 atom stereocenters. The normalized spacial score (nSPS) is 12.5. The predicted octanol–water partition coefficient (Wildman–Crippen LogP) is 4.76. The molecule has 1 heteroatoms. The maximum Gasteiger partial charge on any atom is 0.0340 e. The number of hydrogen-bond donors (Lipinski definition) is 1. The van der Waals surface area contributed by atoms with Crippen LogP contribution < -0.4 is 5.32 Å². The van der Waals surface area contributed by atoms with Gasteiger partial charge in [-0.2, -0.15) is 0 Å². The molecule has 0 radical (unpaired) electrons. The minimum absolute atomic E-state index is 0.500. The molecule has 0 spiro atoms. The summed E-state index contributed by atoms with van der Waals surface area (Å²) < 4.78 is 0. The molecule has 0 aliphatic heterocycles. The van der Waals surface area contributed by atoms with Gasteiger partial charge in [0.05, 0.1) is 0 Å². The zero-order valence-corrected chi connectivity index (χ0v) is 11.6. The second-order valence-electron chi connectivity index (χ2n) is 4.94. The fraction of sp³-hybridized carbons (Fsp3) is 0.222. The second-order valence-corrected chi connectivity index (χ2v) is 4.94. The summed E-state index contributed by atoms with van der Waals surface area (Å²) in [5.74, 6) is 0.500. The number of nitrogens with one attached hydrogen (secondary N) is 1.